The maximum absolute atomic E-state index is 12.0. The maximum Gasteiger partial charge on any atom is 0.353 e. The van der Waals surface area contributed by atoms with Crippen molar-refractivity contribution >= 4 is 40.3 Å². The topological polar surface area (TPSA) is 87.4 Å². The predicted octanol–water partition coefficient (Wildman–Crippen LogP) is 4.73. The quantitative estimate of drug-likeness (QED) is 0.455. The van der Waals surface area contributed by atoms with Crippen LogP contribution in [0, 0.1) is 24.0 Å². The van der Waals surface area contributed by atoms with Gasteiger partial charge in [0.25, 0.3) is 0 Å². The average Bonchev–Trinajstić information content (AvgIpc) is 2.77. The van der Waals surface area contributed by atoms with Crippen molar-refractivity contribution in [2.45, 2.75) is 13.8 Å². The molecule has 0 radical (unpaired) electrons. The van der Waals surface area contributed by atoms with Gasteiger partial charge in [-0.3, -0.25) is 10.1 Å². The van der Waals surface area contributed by atoms with E-state index in [1.165, 1.54) is 6.33 Å². The summed E-state index contributed by atoms with van der Waals surface area (Å²) < 4.78 is 0. The van der Waals surface area contributed by atoms with Crippen molar-refractivity contribution in [2.24, 2.45) is 0 Å². The zero-order valence-corrected chi connectivity index (χ0v) is 18.1. The molecule has 1 aliphatic heterocycles. The van der Waals surface area contributed by atoms with Gasteiger partial charge >= 0.3 is 5.69 Å². The second kappa shape index (κ2) is 8.77. The molecule has 1 aliphatic rings. The number of aryl methyl sites for hydroxylation is 1. The molecule has 0 unspecified atom stereocenters. The van der Waals surface area contributed by atoms with Crippen molar-refractivity contribution < 1.29 is 4.92 Å². The average molecular weight is 439 g/mol. The first-order valence-corrected chi connectivity index (χ1v) is 10.4. The molecule has 0 amide bonds. The van der Waals surface area contributed by atoms with Crippen LogP contribution >= 0.6 is 11.6 Å². The highest BCUT2D eigenvalue weighted by Crippen LogP contribution is 2.35. The molecular formula is C22H23ClN6O2. The van der Waals surface area contributed by atoms with E-state index in [0.29, 0.717) is 37.0 Å². The minimum absolute atomic E-state index is 0.111. The van der Waals surface area contributed by atoms with Crippen LogP contribution in [0.15, 0.2) is 48.8 Å². The number of benzene rings is 2. The molecule has 0 bridgehead atoms. The molecule has 1 aromatic heterocycles. The van der Waals surface area contributed by atoms with Gasteiger partial charge in [-0.2, -0.15) is 0 Å². The highest BCUT2D eigenvalue weighted by molar-refractivity contribution is 6.30. The lowest BCUT2D eigenvalue weighted by molar-refractivity contribution is -0.383. The fourth-order valence-electron chi connectivity index (χ4n) is 3.72. The van der Waals surface area contributed by atoms with E-state index in [9.17, 15) is 10.1 Å². The molecule has 0 saturated carbocycles. The van der Waals surface area contributed by atoms with Crippen molar-refractivity contribution in [1.29, 1.82) is 0 Å². The van der Waals surface area contributed by atoms with E-state index >= 15 is 0 Å². The van der Waals surface area contributed by atoms with Crippen molar-refractivity contribution in [3.63, 3.8) is 0 Å². The zero-order valence-electron chi connectivity index (χ0n) is 17.4. The van der Waals surface area contributed by atoms with Gasteiger partial charge in [0.15, 0.2) is 0 Å². The highest BCUT2D eigenvalue weighted by Gasteiger charge is 2.29. The van der Waals surface area contributed by atoms with Gasteiger partial charge in [0.1, 0.15) is 6.33 Å². The summed E-state index contributed by atoms with van der Waals surface area (Å²) in [5.41, 5.74) is 3.84. The standard InChI is InChI=1S/C22H23ClN6O2/c1-15-5-3-8-19(16(15)2)26-21-20(29(30)31)22(25-14-24-21)28-11-9-27(10-12-28)18-7-4-6-17(23)13-18/h3-8,13-14H,9-12H2,1-2H3,(H,24,25,26). The highest BCUT2D eigenvalue weighted by atomic mass is 35.5. The van der Waals surface area contributed by atoms with E-state index in [1.807, 2.05) is 61.2 Å². The van der Waals surface area contributed by atoms with Gasteiger partial charge in [-0.05, 0) is 49.2 Å². The molecule has 9 heteroatoms. The Morgan fingerprint density at radius 3 is 2.45 bits per heavy atom. The summed E-state index contributed by atoms with van der Waals surface area (Å²) in [5.74, 6) is 0.527. The van der Waals surface area contributed by atoms with Crippen LogP contribution in [0.1, 0.15) is 11.1 Å². The molecule has 4 rings (SSSR count). The first-order valence-electron chi connectivity index (χ1n) is 10.0. The number of anilines is 4. The number of rotatable bonds is 5. The van der Waals surface area contributed by atoms with Crippen LogP contribution in [0.25, 0.3) is 0 Å². The van der Waals surface area contributed by atoms with E-state index in [-0.39, 0.29) is 11.5 Å². The lowest BCUT2D eigenvalue weighted by Crippen LogP contribution is -2.47. The largest absolute Gasteiger partial charge is 0.368 e. The van der Waals surface area contributed by atoms with Gasteiger partial charge in [-0.15, -0.1) is 0 Å². The number of halogens is 1. The minimum Gasteiger partial charge on any atom is -0.368 e. The summed E-state index contributed by atoms with van der Waals surface area (Å²) in [6.45, 7) is 6.60. The molecular weight excluding hydrogens is 416 g/mol. The Bertz CT molecular complexity index is 1110. The normalized spacial score (nSPS) is 13.9. The summed E-state index contributed by atoms with van der Waals surface area (Å²) in [6, 6.07) is 13.5. The lowest BCUT2D eigenvalue weighted by atomic mass is 10.1. The monoisotopic (exact) mass is 438 g/mol. The Hall–Kier alpha value is -3.39. The first-order chi connectivity index (χ1) is 14.9. The Morgan fingerprint density at radius 2 is 1.74 bits per heavy atom. The third-order valence-corrected chi connectivity index (χ3v) is 5.83. The van der Waals surface area contributed by atoms with E-state index in [4.69, 9.17) is 11.6 Å². The van der Waals surface area contributed by atoms with E-state index in [0.717, 1.165) is 22.5 Å². The van der Waals surface area contributed by atoms with Crippen LogP contribution in [0.4, 0.5) is 28.7 Å². The summed E-state index contributed by atoms with van der Waals surface area (Å²) in [4.78, 5) is 24.2. The first kappa shape index (κ1) is 20.9. The molecule has 0 atom stereocenters. The second-order valence-electron chi connectivity index (χ2n) is 7.48. The fourth-order valence-corrected chi connectivity index (χ4v) is 3.91. The number of hydrogen-bond donors (Lipinski definition) is 1. The number of piperazine rings is 1. The summed E-state index contributed by atoms with van der Waals surface area (Å²) in [7, 11) is 0. The van der Waals surface area contributed by atoms with Crippen LogP contribution in [0.3, 0.4) is 0 Å². The van der Waals surface area contributed by atoms with Crippen LogP contribution in [-0.2, 0) is 0 Å². The number of nitrogens with one attached hydrogen (secondary N) is 1. The third-order valence-electron chi connectivity index (χ3n) is 5.60. The molecule has 3 aromatic rings. The molecule has 1 N–H and O–H groups in total. The smallest absolute Gasteiger partial charge is 0.353 e. The minimum atomic E-state index is -0.411. The van der Waals surface area contributed by atoms with Gasteiger partial charge in [0.2, 0.25) is 11.6 Å². The molecule has 160 valence electrons. The summed E-state index contributed by atoms with van der Waals surface area (Å²) in [6.07, 6.45) is 1.37. The van der Waals surface area contributed by atoms with Crippen molar-refractivity contribution in [1.82, 2.24) is 9.97 Å². The van der Waals surface area contributed by atoms with Gasteiger partial charge in [0, 0.05) is 42.6 Å². The van der Waals surface area contributed by atoms with Crippen LogP contribution in [0.2, 0.25) is 5.02 Å². The molecule has 2 aromatic carbocycles. The Morgan fingerprint density at radius 1 is 1.03 bits per heavy atom. The Labute approximate surface area is 185 Å². The lowest BCUT2D eigenvalue weighted by Gasteiger charge is -2.36. The van der Waals surface area contributed by atoms with Crippen molar-refractivity contribution in [3.05, 3.63) is 75.1 Å². The molecule has 8 nitrogen and oxygen atoms in total. The van der Waals surface area contributed by atoms with Gasteiger partial charge < -0.3 is 15.1 Å². The number of nitro groups is 1. The summed E-state index contributed by atoms with van der Waals surface area (Å²) >= 11 is 6.11. The van der Waals surface area contributed by atoms with E-state index in [2.05, 4.69) is 20.2 Å². The van der Waals surface area contributed by atoms with Crippen molar-refractivity contribution in [3.8, 4) is 0 Å². The molecule has 31 heavy (non-hydrogen) atoms. The molecule has 1 saturated heterocycles. The predicted molar refractivity (Wildman–Crippen MR) is 124 cm³/mol. The number of nitrogens with zero attached hydrogens (tertiary/aromatic N) is 5. The zero-order chi connectivity index (χ0) is 22.0. The number of hydrogen-bond acceptors (Lipinski definition) is 7. The summed E-state index contributed by atoms with van der Waals surface area (Å²) in [5, 5.41) is 15.8. The SMILES string of the molecule is Cc1cccc(Nc2ncnc(N3CCN(c4cccc(Cl)c4)CC3)c2[N+](=O)[O-])c1C. The van der Waals surface area contributed by atoms with E-state index < -0.39 is 4.92 Å². The fraction of sp³-hybridized carbons (Fsp3) is 0.273. The molecule has 0 spiro atoms. The molecule has 0 aliphatic carbocycles. The Kier molecular flexibility index (Phi) is 5.90. The van der Waals surface area contributed by atoms with Crippen LogP contribution in [0.5, 0.6) is 0 Å². The van der Waals surface area contributed by atoms with Gasteiger partial charge in [-0.25, -0.2) is 9.97 Å². The third kappa shape index (κ3) is 4.39. The van der Waals surface area contributed by atoms with Gasteiger partial charge in [-0.1, -0.05) is 29.8 Å². The maximum atomic E-state index is 12.0. The van der Waals surface area contributed by atoms with Crippen LogP contribution < -0.4 is 15.1 Å². The molecule has 1 fully saturated rings. The van der Waals surface area contributed by atoms with Crippen LogP contribution in [-0.4, -0.2) is 41.1 Å². The van der Waals surface area contributed by atoms with E-state index in [1.54, 1.807) is 0 Å². The van der Waals surface area contributed by atoms with Gasteiger partial charge in [0.05, 0.1) is 4.92 Å². The molecule has 2 heterocycles. The van der Waals surface area contributed by atoms with Crippen molar-refractivity contribution in [2.75, 3.05) is 41.3 Å². The Balaban J connectivity index is 1.58. The second-order valence-corrected chi connectivity index (χ2v) is 7.91. The number of aromatic nitrogens is 2.